The molecular weight excluding hydrogens is 554 g/mol. The number of rotatable bonds is 3. The van der Waals surface area contributed by atoms with Gasteiger partial charge >= 0.3 is 6.18 Å². The second-order valence-corrected chi connectivity index (χ2v) is 12.2. The molecule has 3 heterocycles. The number of nitrogens with zero attached hydrogens (tertiary/aromatic N) is 1. The molecule has 1 saturated heterocycles. The normalized spacial score (nSPS) is 22.3. The number of aliphatic hydroxyl groups excluding tert-OH is 1. The van der Waals surface area contributed by atoms with Gasteiger partial charge in [-0.15, -0.1) is 0 Å². The number of halogens is 4. The third kappa shape index (κ3) is 6.94. The number of pyridine rings is 1. The lowest BCUT2D eigenvalue weighted by Gasteiger charge is -2.40. The minimum atomic E-state index is -4.64. The van der Waals surface area contributed by atoms with Crippen molar-refractivity contribution in [1.29, 1.82) is 0 Å². The van der Waals surface area contributed by atoms with Gasteiger partial charge in [0.25, 0.3) is 0 Å². The monoisotopic (exact) mass is 599 g/mol. The van der Waals surface area contributed by atoms with Crippen LogP contribution in [0.3, 0.4) is 0 Å². The predicted molar refractivity (Wildman–Crippen MR) is 157 cm³/mol. The topological polar surface area (TPSA) is 51.6 Å². The van der Waals surface area contributed by atoms with Crippen LogP contribution in [-0.4, -0.2) is 29.6 Å². The van der Waals surface area contributed by atoms with Crippen LogP contribution in [0.5, 0.6) is 0 Å². The van der Waals surface area contributed by atoms with E-state index in [0.29, 0.717) is 50.5 Å². The van der Waals surface area contributed by atoms with Gasteiger partial charge in [0.05, 0.1) is 17.3 Å². The summed E-state index contributed by atoms with van der Waals surface area (Å²) in [6.45, 7) is 13.4. The third-order valence-corrected chi connectivity index (χ3v) is 8.12. The summed E-state index contributed by atoms with van der Waals surface area (Å²) in [7, 11) is 0. The van der Waals surface area contributed by atoms with Crippen LogP contribution in [0, 0.1) is 11.2 Å². The Kier molecular flexibility index (Phi) is 11.0. The van der Waals surface area contributed by atoms with Crippen LogP contribution < -0.4 is 0 Å². The van der Waals surface area contributed by atoms with E-state index < -0.39 is 35.4 Å². The van der Waals surface area contributed by atoms with Crippen LogP contribution in [0.1, 0.15) is 131 Å². The molecule has 0 bridgehead atoms. The Labute approximate surface area is 247 Å². The second kappa shape index (κ2) is 13.3. The summed E-state index contributed by atoms with van der Waals surface area (Å²) in [5.41, 5.74) is 1.94. The number of benzene rings is 1. The fourth-order valence-corrected chi connectivity index (χ4v) is 6.07. The molecule has 2 aliphatic heterocycles. The van der Waals surface area contributed by atoms with Crippen LogP contribution in [-0.2, 0) is 27.7 Å². The van der Waals surface area contributed by atoms with E-state index in [1.54, 1.807) is 6.26 Å². The number of aliphatic hydroxyl groups is 1. The maximum absolute atomic E-state index is 15.3. The molecule has 230 valence electrons. The fraction of sp³-hybridized carbons (Fsp3) is 0.656. The highest BCUT2D eigenvalue weighted by molar-refractivity contribution is 7.79. The zero-order chi connectivity index (χ0) is 30.8. The molecular formula is C32H45F4NO3S. The van der Waals surface area contributed by atoms with E-state index >= 15 is 4.39 Å². The molecule has 0 radical (unpaired) electrons. The van der Waals surface area contributed by atoms with E-state index in [1.165, 1.54) is 18.9 Å². The number of hydrogen-bond acceptors (Lipinski definition) is 5. The Morgan fingerprint density at radius 2 is 1.68 bits per heavy atom. The summed E-state index contributed by atoms with van der Waals surface area (Å²) in [4.78, 5) is 5.00. The first-order chi connectivity index (χ1) is 19.2. The highest BCUT2D eigenvalue weighted by atomic mass is 32.1. The van der Waals surface area contributed by atoms with Crippen molar-refractivity contribution in [1.82, 2.24) is 4.98 Å². The van der Waals surface area contributed by atoms with Gasteiger partial charge in [-0.3, -0.25) is 4.98 Å². The highest BCUT2D eigenvalue weighted by Crippen LogP contribution is 2.57. The Morgan fingerprint density at radius 3 is 2.20 bits per heavy atom. The van der Waals surface area contributed by atoms with Crippen molar-refractivity contribution in [3.8, 4) is 0 Å². The van der Waals surface area contributed by atoms with Gasteiger partial charge in [-0.25, -0.2) is 4.39 Å². The maximum Gasteiger partial charge on any atom is 0.416 e. The number of thiol groups is 1. The zero-order valence-electron chi connectivity index (χ0n) is 25.3. The van der Waals surface area contributed by atoms with Crippen molar-refractivity contribution in [2.24, 2.45) is 5.41 Å². The van der Waals surface area contributed by atoms with Crippen molar-refractivity contribution in [2.45, 2.75) is 110 Å². The number of fused-ring (bicyclic) bond motifs is 4. The number of alkyl halides is 3. The lowest BCUT2D eigenvalue weighted by molar-refractivity contribution is -0.138. The summed E-state index contributed by atoms with van der Waals surface area (Å²) in [6, 6.07) is 2.61. The lowest BCUT2D eigenvalue weighted by Crippen LogP contribution is -2.37. The van der Waals surface area contributed by atoms with Crippen LogP contribution in [0.4, 0.5) is 17.6 Å². The first-order valence-electron chi connectivity index (χ1n) is 14.6. The van der Waals surface area contributed by atoms with E-state index in [0.717, 1.165) is 28.6 Å². The summed E-state index contributed by atoms with van der Waals surface area (Å²) in [5, 5.41) is 11.3. The highest BCUT2D eigenvalue weighted by Gasteiger charge is 2.52. The molecule has 41 heavy (non-hydrogen) atoms. The first kappa shape index (κ1) is 33.8. The molecule has 1 aromatic carbocycles. The smallest absolute Gasteiger partial charge is 0.388 e. The average Bonchev–Trinajstić information content (AvgIpc) is 3.22. The van der Waals surface area contributed by atoms with E-state index in [9.17, 15) is 18.3 Å². The minimum absolute atomic E-state index is 0.0326. The number of unbranched alkanes of at least 4 members (excludes halogenated alkanes) is 1. The van der Waals surface area contributed by atoms with Crippen molar-refractivity contribution >= 4 is 12.6 Å². The number of aromatic nitrogens is 1. The van der Waals surface area contributed by atoms with E-state index in [4.69, 9.17) is 14.5 Å². The lowest BCUT2D eigenvalue weighted by atomic mass is 9.70. The Bertz CT molecular complexity index is 1190. The van der Waals surface area contributed by atoms with Gasteiger partial charge < -0.3 is 14.6 Å². The molecule has 2 atom stereocenters. The summed E-state index contributed by atoms with van der Waals surface area (Å²) in [6.07, 6.45) is 0.306. The first-order valence-corrected chi connectivity index (χ1v) is 15.5. The van der Waals surface area contributed by atoms with Crippen LogP contribution in [0.15, 0.2) is 18.2 Å². The van der Waals surface area contributed by atoms with Gasteiger partial charge in [0.2, 0.25) is 0 Å². The molecule has 1 aliphatic carbocycles. The molecule has 1 aromatic heterocycles. The molecule has 2 aromatic rings. The Hall–Kier alpha value is -1.68. The van der Waals surface area contributed by atoms with Gasteiger partial charge in [0.1, 0.15) is 11.9 Å². The summed E-state index contributed by atoms with van der Waals surface area (Å²) in [5.74, 6) is -0.996. The fourth-order valence-electron chi connectivity index (χ4n) is 6.07. The van der Waals surface area contributed by atoms with Crippen LogP contribution in [0.2, 0.25) is 0 Å². The Balaban J connectivity index is 0.000000710. The largest absolute Gasteiger partial charge is 0.416 e. The molecule has 3 aliphatic rings. The van der Waals surface area contributed by atoms with Crippen molar-refractivity contribution in [2.75, 3.05) is 19.5 Å². The molecule has 1 fully saturated rings. The SMILES string of the molecule is CC(C)c1nc2c(c3c1C(c1ccc(C(F)(F)F)cc1F)OC31CCOCC1)C(O)CC(C)(C)C2.CCCC.CS. The van der Waals surface area contributed by atoms with Crippen molar-refractivity contribution in [3.63, 3.8) is 0 Å². The molecule has 1 spiro atoms. The average molecular weight is 600 g/mol. The summed E-state index contributed by atoms with van der Waals surface area (Å²) >= 11 is 3.53. The molecule has 9 heteroatoms. The predicted octanol–water partition coefficient (Wildman–Crippen LogP) is 8.85. The Morgan fingerprint density at radius 1 is 1.07 bits per heavy atom. The van der Waals surface area contributed by atoms with Crippen LogP contribution in [0.25, 0.3) is 0 Å². The van der Waals surface area contributed by atoms with Crippen molar-refractivity contribution < 1.29 is 32.1 Å². The third-order valence-electron chi connectivity index (χ3n) is 8.12. The molecule has 5 rings (SSSR count). The minimum Gasteiger partial charge on any atom is -0.388 e. The number of hydrogen-bond donors (Lipinski definition) is 2. The van der Waals surface area contributed by atoms with Gasteiger partial charge in [-0.2, -0.15) is 25.8 Å². The standard InChI is InChI=1S/C27H31F4NO3.C4H10.CH4S/c1-14(2)23-21-22(20-18(32-23)12-25(3,4)13-19(20)33)26(7-9-34-10-8-26)35-24(21)16-6-5-15(11-17(16)28)27(29,30)31;1-3-4-2;1-2/h5-6,11,14,19,24,33H,7-10,12-13H2,1-4H3;3-4H2,1-2H3;2H,1H3. The molecule has 0 saturated carbocycles. The zero-order valence-corrected chi connectivity index (χ0v) is 26.2. The van der Waals surface area contributed by atoms with Gasteiger partial charge in [-0.05, 0) is 48.1 Å². The number of ether oxygens (including phenoxy) is 2. The molecule has 0 amide bonds. The van der Waals surface area contributed by atoms with Crippen molar-refractivity contribution in [3.05, 3.63) is 63.2 Å². The molecule has 4 nitrogen and oxygen atoms in total. The van der Waals surface area contributed by atoms with Gasteiger partial charge in [-0.1, -0.05) is 60.5 Å². The van der Waals surface area contributed by atoms with Gasteiger partial charge in [0, 0.05) is 54.1 Å². The maximum atomic E-state index is 15.3. The van der Waals surface area contributed by atoms with E-state index in [-0.39, 0.29) is 16.9 Å². The van der Waals surface area contributed by atoms with Gasteiger partial charge in [0.15, 0.2) is 0 Å². The van der Waals surface area contributed by atoms with E-state index in [2.05, 4.69) is 40.3 Å². The quantitative estimate of drug-likeness (QED) is 0.273. The summed E-state index contributed by atoms with van der Waals surface area (Å²) < 4.78 is 67.2. The molecule has 2 unspecified atom stereocenters. The molecule has 1 N–H and O–H groups in total. The van der Waals surface area contributed by atoms with E-state index in [1.807, 2.05) is 13.8 Å². The van der Waals surface area contributed by atoms with Crippen LogP contribution >= 0.6 is 12.6 Å². The second-order valence-electron chi connectivity index (χ2n) is 12.2.